The van der Waals surface area contributed by atoms with Crippen LogP contribution in [0.4, 0.5) is 17.1 Å². The molecule has 0 aliphatic heterocycles. The fourth-order valence-corrected chi connectivity index (χ4v) is 2.62. The van der Waals surface area contributed by atoms with E-state index >= 15 is 0 Å². The van der Waals surface area contributed by atoms with Crippen LogP contribution in [0.2, 0.25) is 0 Å². The molecule has 0 saturated carbocycles. The minimum absolute atomic E-state index is 0.0137. The number of thiocarbonyl (C=S) groups is 1. The molecule has 0 atom stereocenters. The smallest absolute Gasteiger partial charge is 0.269 e. The van der Waals surface area contributed by atoms with Crippen LogP contribution in [0.15, 0.2) is 83.9 Å². The van der Waals surface area contributed by atoms with Gasteiger partial charge in [0, 0.05) is 23.4 Å². The Hall–Kier alpha value is -3.78. The van der Waals surface area contributed by atoms with Gasteiger partial charge in [-0.25, -0.2) is 4.99 Å². The number of nitrogens with zero attached hydrogens (tertiary/aromatic N) is 2. The first kappa shape index (κ1) is 20.0. The summed E-state index contributed by atoms with van der Waals surface area (Å²) in [5.41, 5.74) is 9.38. The molecule has 0 heterocycles. The van der Waals surface area contributed by atoms with Crippen LogP contribution in [0.3, 0.4) is 0 Å². The van der Waals surface area contributed by atoms with Crippen molar-refractivity contribution >= 4 is 40.2 Å². The lowest BCUT2D eigenvalue weighted by atomic mass is 10.2. The van der Waals surface area contributed by atoms with E-state index in [9.17, 15) is 10.1 Å². The van der Waals surface area contributed by atoms with Crippen molar-refractivity contribution in [2.75, 3.05) is 5.32 Å². The molecule has 0 aliphatic rings. The molecular formula is C21H19N5O2S. The first-order valence-corrected chi connectivity index (χ1v) is 9.20. The van der Waals surface area contributed by atoms with Crippen LogP contribution in [0.1, 0.15) is 11.1 Å². The lowest BCUT2D eigenvalue weighted by Crippen LogP contribution is -2.44. The van der Waals surface area contributed by atoms with Gasteiger partial charge in [0.05, 0.1) is 10.6 Å². The molecule has 3 aromatic rings. The van der Waals surface area contributed by atoms with Crippen LogP contribution in [-0.2, 0) is 0 Å². The lowest BCUT2D eigenvalue weighted by molar-refractivity contribution is -0.384. The van der Waals surface area contributed by atoms with E-state index in [0.29, 0.717) is 16.6 Å². The first-order chi connectivity index (χ1) is 14.0. The minimum Gasteiger partial charge on any atom is -0.331 e. The van der Waals surface area contributed by atoms with E-state index in [1.54, 1.807) is 12.1 Å². The van der Waals surface area contributed by atoms with Gasteiger partial charge in [-0.2, -0.15) is 0 Å². The summed E-state index contributed by atoms with van der Waals surface area (Å²) in [6, 6.07) is 23.4. The summed E-state index contributed by atoms with van der Waals surface area (Å²) in [6.07, 6.45) is 0. The summed E-state index contributed by atoms with van der Waals surface area (Å²) in [6.45, 7) is 2.02. The third-order valence-electron chi connectivity index (χ3n) is 3.95. The van der Waals surface area contributed by atoms with Crippen molar-refractivity contribution in [3.8, 4) is 0 Å². The molecule has 0 aliphatic carbocycles. The Labute approximate surface area is 173 Å². The fraction of sp³-hybridized carbons (Fsp3) is 0.0476. The number of aryl methyl sites for hydroxylation is 1. The molecule has 3 N–H and O–H groups in total. The summed E-state index contributed by atoms with van der Waals surface area (Å²) in [7, 11) is 0. The van der Waals surface area contributed by atoms with E-state index in [1.807, 2.05) is 61.5 Å². The molecule has 0 aromatic heterocycles. The van der Waals surface area contributed by atoms with Crippen LogP contribution >= 0.6 is 12.2 Å². The highest BCUT2D eigenvalue weighted by Crippen LogP contribution is 2.18. The second-order valence-electron chi connectivity index (χ2n) is 6.17. The molecule has 0 amide bonds. The van der Waals surface area contributed by atoms with Crippen molar-refractivity contribution in [3.05, 3.63) is 100 Å². The normalized spacial score (nSPS) is 10.9. The van der Waals surface area contributed by atoms with Gasteiger partial charge in [-0.3, -0.25) is 21.0 Å². The SMILES string of the molecule is Cc1ccc(NC(=S)NNC(=Nc2ccc([N+](=O)[O-])cc2)c2ccccc2)cc1. The first-order valence-electron chi connectivity index (χ1n) is 8.79. The van der Waals surface area contributed by atoms with Gasteiger partial charge in [-0.1, -0.05) is 48.0 Å². The Morgan fingerprint density at radius 1 is 0.931 bits per heavy atom. The van der Waals surface area contributed by atoms with E-state index < -0.39 is 4.92 Å². The van der Waals surface area contributed by atoms with Gasteiger partial charge in [0.1, 0.15) is 0 Å². The highest BCUT2D eigenvalue weighted by atomic mass is 32.1. The summed E-state index contributed by atoms with van der Waals surface area (Å²) < 4.78 is 0. The van der Waals surface area contributed by atoms with Gasteiger partial charge in [0.2, 0.25) is 0 Å². The maximum absolute atomic E-state index is 10.8. The van der Waals surface area contributed by atoms with Crippen LogP contribution < -0.4 is 16.2 Å². The van der Waals surface area contributed by atoms with Crippen LogP contribution in [0, 0.1) is 17.0 Å². The molecule has 7 nitrogen and oxygen atoms in total. The number of nitro groups is 1. The zero-order valence-electron chi connectivity index (χ0n) is 15.6. The summed E-state index contributed by atoms with van der Waals surface area (Å²) in [5.74, 6) is 0.521. The Balaban J connectivity index is 1.74. The fourth-order valence-electron chi connectivity index (χ4n) is 2.45. The molecule has 8 heteroatoms. The van der Waals surface area contributed by atoms with E-state index in [2.05, 4.69) is 21.2 Å². The standard InChI is InChI=1S/C21H19N5O2S/c1-15-7-9-18(10-8-15)23-21(29)25-24-20(16-5-3-2-4-6-16)22-17-11-13-19(14-12-17)26(27)28/h2-14H,1H3,(H,22,24)(H2,23,25,29). The van der Waals surface area contributed by atoms with Gasteiger partial charge in [0.25, 0.3) is 5.69 Å². The predicted molar refractivity (Wildman–Crippen MR) is 119 cm³/mol. The van der Waals surface area contributed by atoms with E-state index in [1.165, 1.54) is 12.1 Å². The van der Waals surface area contributed by atoms with Crippen LogP contribution in [-0.4, -0.2) is 15.9 Å². The molecule has 0 spiro atoms. The number of benzene rings is 3. The minimum atomic E-state index is -0.444. The molecule has 146 valence electrons. The second kappa shape index (κ2) is 9.43. The van der Waals surface area contributed by atoms with Crippen molar-refractivity contribution in [2.45, 2.75) is 6.92 Å². The quantitative estimate of drug-likeness (QED) is 0.195. The van der Waals surface area contributed by atoms with Crippen molar-refractivity contribution < 1.29 is 4.92 Å². The number of hydrogen-bond acceptors (Lipinski definition) is 4. The zero-order chi connectivity index (χ0) is 20.6. The second-order valence-corrected chi connectivity index (χ2v) is 6.58. The van der Waals surface area contributed by atoms with Crippen LogP contribution in [0.5, 0.6) is 0 Å². The van der Waals surface area contributed by atoms with Gasteiger partial charge in [0.15, 0.2) is 10.9 Å². The summed E-state index contributed by atoms with van der Waals surface area (Å²) >= 11 is 5.33. The molecule has 0 saturated heterocycles. The number of aliphatic imine (C=N–C) groups is 1. The largest absolute Gasteiger partial charge is 0.331 e. The number of nitrogens with one attached hydrogen (secondary N) is 3. The maximum Gasteiger partial charge on any atom is 0.269 e. The average Bonchev–Trinajstić information content (AvgIpc) is 2.73. The van der Waals surface area contributed by atoms with Gasteiger partial charge >= 0.3 is 0 Å². The number of hydrazine groups is 1. The topological polar surface area (TPSA) is 91.6 Å². The molecule has 0 bridgehead atoms. The van der Waals surface area contributed by atoms with E-state index in [4.69, 9.17) is 12.2 Å². The Morgan fingerprint density at radius 3 is 2.21 bits per heavy atom. The summed E-state index contributed by atoms with van der Waals surface area (Å²) in [5, 5.41) is 14.3. The number of anilines is 1. The number of nitro benzene ring substituents is 1. The van der Waals surface area contributed by atoms with Crippen molar-refractivity contribution in [2.24, 2.45) is 4.99 Å². The van der Waals surface area contributed by atoms with Gasteiger partial charge < -0.3 is 5.32 Å². The molecule has 0 radical (unpaired) electrons. The molecule has 0 fully saturated rings. The van der Waals surface area contributed by atoms with Gasteiger partial charge in [-0.15, -0.1) is 0 Å². The van der Waals surface area contributed by atoms with Crippen molar-refractivity contribution in [1.82, 2.24) is 10.9 Å². The van der Waals surface area contributed by atoms with E-state index in [-0.39, 0.29) is 5.69 Å². The van der Waals surface area contributed by atoms with Gasteiger partial charge in [-0.05, 0) is 43.4 Å². The average molecular weight is 405 g/mol. The highest BCUT2D eigenvalue weighted by Gasteiger charge is 2.07. The summed E-state index contributed by atoms with van der Waals surface area (Å²) in [4.78, 5) is 14.9. The van der Waals surface area contributed by atoms with Crippen molar-refractivity contribution in [3.63, 3.8) is 0 Å². The lowest BCUT2D eigenvalue weighted by Gasteiger charge is -2.15. The number of rotatable bonds is 4. The number of amidine groups is 1. The number of hydrogen-bond donors (Lipinski definition) is 3. The van der Waals surface area contributed by atoms with Crippen LogP contribution in [0.25, 0.3) is 0 Å². The molecule has 3 rings (SSSR count). The van der Waals surface area contributed by atoms with Crippen molar-refractivity contribution in [1.29, 1.82) is 0 Å². The zero-order valence-corrected chi connectivity index (χ0v) is 16.4. The monoisotopic (exact) mass is 405 g/mol. The third kappa shape index (κ3) is 5.85. The molecule has 0 unspecified atom stereocenters. The van der Waals surface area contributed by atoms with E-state index in [0.717, 1.165) is 16.8 Å². The third-order valence-corrected chi connectivity index (χ3v) is 4.16. The molecule has 3 aromatic carbocycles. The maximum atomic E-state index is 10.8. The Morgan fingerprint density at radius 2 is 1.59 bits per heavy atom. The Kier molecular flexibility index (Phi) is 6.49. The predicted octanol–water partition coefficient (Wildman–Crippen LogP) is 4.47. The molecular weight excluding hydrogens is 386 g/mol. The highest BCUT2D eigenvalue weighted by molar-refractivity contribution is 7.80. The molecule has 29 heavy (non-hydrogen) atoms. The number of non-ortho nitro benzene ring substituents is 1. The Bertz CT molecular complexity index is 1020.